The molecule has 3 nitrogen and oxygen atoms in total. The molecule has 0 unspecified atom stereocenters. The molecule has 0 saturated heterocycles. The molecular weight excluding hydrogens is 212 g/mol. The van der Waals surface area contributed by atoms with E-state index in [9.17, 15) is 4.79 Å². The summed E-state index contributed by atoms with van der Waals surface area (Å²) in [6.07, 6.45) is 5.89. The first-order valence-corrected chi connectivity index (χ1v) is 5.60. The molecule has 1 aromatic rings. The van der Waals surface area contributed by atoms with E-state index >= 15 is 0 Å². The molecule has 0 aromatic heterocycles. The van der Waals surface area contributed by atoms with E-state index in [2.05, 4.69) is 10.6 Å². The van der Waals surface area contributed by atoms with Gasteiger partial charge in [0.25, 0.3) is 0 Å². The minimum atomic E-state index is -0.307. The molecule has 3 heteroatoms. The van der Waals surface area contributed by atoms with Crippen LogP contribution in [0.15, 0.2) is 48.2 Å². The van der Waals surface area contributed by atoms with Crippen molar-refractivity contribution in [3.63, 3.8) is 0 Å². The molecule has 0 bridgehead atoms. The Hall–Kier alpha value is -2.03. The topological polar surface area (TPSA) is 41.1 Å². The summed E-state index contributed by atoms with van der Waals surface area (Å²) in [4.78, 5) is 11.4. The minimum absolute atomic E-state index is 0.162. The maximum Gasteiger partial charge on any atom is 0.319 e. The van der Waals surface area contributed by atoms with E-state index < -0.39 is 0 Å². The van der Waals surface area contributed by atoms with Gasteiger partial charge in [-0.2, -0.15) is 0 Å². The molecule has 2 amide bonds. The largest absolute Gasteiger partial charge is 0.329 e. The van der Waals surface area contributed by atoms with Crippen LogP contribution in [-0.4, -0.2) is 11.6 Å². The van der Waals surface area contributed by atoms with E-state index in [4.69, 9.17) is 0 Å². The SMILES string of the molecule is CC1(C)C=C(/C=C/c2ccccc2)NC(=O)N1. The maximum atomic E-state index is 11.4. The maximum absolute atomic E-state index is 11.4. The van der Waals surface area contributed by atoms with Crippen molar-refractivity contribution < 1.29 is 4.79 Å². The highest BCUT2D eigenvalue weighted by molar-refractivity contribution is 5.79. The van der Waals surface area contributed by atoms with Gasteiger partial charge in [0.15, 0.2) is 0 Å². The van der Waals surface area contributed by atoms with Gasteiger partial charge in [0, 0.05) is 5.70 Å². The smallest absolute Gasteiger partial charge is 0.319 e. The average Bonchev–Trinajstić information content (AvgIpc) is 2.25. The quantitative estimate of drug-likeness (QED) is 0.802. The predicted molar refractivity (Wildman–Crippen MR) is 69.3 cm³/mol. The monoisotopic (exact) mass is 228 g/mol. The zero-order chi connectivity index (χ0) is 12.3. The minimum Gasteiger partial charge on any atom is -0.329 e. The lowest BCUT2D eigenvalue weighted by atomic mass is 10.0. The van der Waals surface area contributed by atoms with E-state index in [0.29, 0.717) is 0 Å². The second-order valence-corrected chi connectivity index (χ2v) is 4.64. The van der Waals surface area contributed by atoms with Crippen molar-refractivity contribution in [1.29, 1.82) is 0 Å². The van der Waals surface area contributed by atoms with Crippen LogP contribution in [0, 0.1) is 0 Å². The van der Waals surface area contributed by atoms with Crippen LogP contribution < -0.4 is 10.6 Å². The molecular formula is C14H16N2O. The Morgan fingerprint density at radius 2 is 1.82 bits per heavy atom. The van der Waals surface area contributed by atoms with Gasteiger partial charge in [-0.05, 0) is 31.6 Å². The Kier molecular flexibility index (Phi) is 3.00. The lowest BCUT2D eigenvalue weighted by Crippen LogP contribution is -2.51. The Labute approximate surface area is 101 Å². The van der Waals surface area contributed by atoms with Gasteiger partial charge in [-0.15, -0.1) is 0 Å². The molecule has 0 aliphatic carbocycles. The highest BCUT2D eigenvalue weighted by atomic mass is 16.2. The molecule has 0 fully saturated rings. The fraction of sp³-hybridized carbons (Fsp3) is 0.214. The predicted octanol–water partition coefficient (Wildman–Crippen LogP) is 2.68. The third-order valence-electron chi connectivity index (χ3n) is 2.46. The van der Waals surface area contributed by atoms with Crippen LogP contribution >= 0.6 is 0 Å². The van der Waals surface area contributed by atoms with E-state index in [-0.39, 0.29) is 11.6 Å². The van der Waals surface area contributed by atoms with Crippen LogP contribution in [0.3, 0.4) is 0 Å². The molecule has 88 valence electrons. The summed E-state index contributed by atoms with van der Waals surface area (Å²) in [6, 6.07) is 9.82. The number of amides is 2. The second-order valence-electron chi connectivity index (χ2n) is 4.64. The first-order chi connectivity index (χ1) is 8.05. The number of carbonyl (C=O) groups excluding carboxylic acids is 1. The van der Waals surface area contributed by atoms with Crippen molar-refractivity contribution in [2.45, 2.75) is 19.4 Å². The summed E-state index contributed by atoms with van der Waals surface area (Å²) in [5, 5.41) is 5.59. The summed E-state index contributed by atoms with van der Waals surface area (Å²) >= 11 is 0. The molecule has 0 atom stereocenters. The van der Waals surface area contributed by atoms with Gasteiger partial charge in [-0.1, -0.05) is 36.4 Å². The summed E-state index contributed by atoms with van der Waals surface area (Å²) in [7, 11) is 0. The number of benzene rings is 1. The molecule has 2 N–H and O–H groups in total. The fourth-order valence-electron chi connectivity index (χ4n) is 1.76. The number of allylic oxidation sites excluding steroid dienone is 1. The van der Waals surface area contributed by atoms with Crippen molar-refractivity contribution in [2.75, 3.05) is 0 Å². The van der Waals surface area contributed by atoms with Gasteiger partial charge in [-0.25, -0.2) is 4.79 Å². The van der Waals surface area contributed by atoms with E-state index in [1.54, 1.807) is 0 Å². The number of nitrogens with one attached hydrogen (secondary N) is 2. The van der Waals surface area contributed by atoms with Crippen LogP contribution in [0.2, 0.25) is 0 Å². The molecule has 1 heterocycles. The number of hydrogen-bond donors (Lipinski definition) is 2. The summed E-state index contributed by atoms with van der Waals surface area (Å²) in [5.41, 5.74) is 1.63. The Morgan fingerprint density at radius 1 is 1.12 bits per heavy atom. The van der Waals surface area contributed by atoms with Gasteiger partial charge in [0.05, 0.1) is 5.54 Å². The van der Waals surface area contributed by atoms with E-state index in [1.807, 2.05) is 62.4 Å². The van der Waals surface area contributed by atoms with Crippen molar-refractivity contribution in [3.05, 3.63) is 53.7 Å². The van der Waals surface area contributed by atoms with Gasteiger partial charge in [0.1, 0.15) is 0 Å². The highest BCUT2D eigenvalue weighted by Crippen LogP contribution is 2.13. The van der Waals surface area contributed by atoms with Gasteiger partial charge in [0.2, 0.25) is 0 Å². The second kappa shape index (κ2) is 4.45. The van der Waals surface area contributed by atoms with E-state index in [1.165, 1.54) is 0 Å². The summed E-state index contributed by atoms with van der Waals surface area (Å²) < 4.78 is 0. The number of urea groups is 1. The standard InChI is InChI=1S/C14H16N2O/c1-14(2)10-12(15-13(17)16-14)9-8-11-6-4-3-5-7-11/h3-10H,1-2H3,(H2,15,16,17)/b9-8+. The molecule has 0 radical (unpaired) electrons. The average molecular weight is 228 g/mol. The normalized spacial score (nSPS) is 18.5. The Bertz CT molecular complexity index is 472. The molecule has 1 aromatic carbocycles. The van der Waals surface area contributed by atoms with Gasteiger partial charge >= 0.3 is 6.03 Å². The van der Waals surface area contributed by atoms with Crippen LogP contribution in [0.1, 0.15) is 19.4 Å². The molecule has 2 rings (SSSR count). The van der Waals surface area contributed by atoms with Crippen molar-refractivity contribution in [3.8, 4) is 0 Å². The van der Waals surface area contributed by atoms with Crippen LogP contribution in [0.4, 0.5) is 4.79 Å². The van der Waals surface area contributed by atoms with Gasteiger partial charge in [-0.3, -0.25) is 0 Å². The van der Waals surface area contributed by atoms with Crippen LogP contribution in [0.5, 0.6) is 0 Å². The number of hydrogen-bond acceptors (Lipinski definition) is 1. The molecule has 1 aliphatic rings. The third-order valence-corrected chi connectivity index (χ3v) is 2.46. The molecule has 17 heavy (non-hydrogen) atoms. The van der Waals surface area contributed by atoms with Crippen molar-refractivity contribution >= 4 is 12.1 Å². The van der Waals surface area contributed by atoms with E-state index in [0.717, 1.165) is 11.3 Å². The van der Waals surface area contributed by atoms with Crippen LogP contribution in [0.25, 0.3) is 6.08 Å². The zero-order valence-corrected chi connectivity index (χ0v) is 10.0. The number of carbonyl (C=O) groups is 1. The first kappa shape index (κ1) is 11.5. The Morgan fingerprint density at radius 3 is 2.47 bits per heavy atom. The van der Waals surface area contributed by atoms with Crippen molar-refractivity contribution in [2.24, 2.45) is 0 Å². The summed E-state index contributed by atoms with van der Waals surface area (Å²) in [6.45, 7) is 3.92. The van der Waals surface area contributed by atoms with Crippen molar-refractivity contribution in [1.82, 2.24) is 10.6 Å². The van der Waals surface area contributed by atoms with Crippen LogP contribution in [-0.2, 0) is 0 Å². The van der Waals surface area contributed by atoms with Gasteiger partial charge < -0.3 is 10.6 Å². The summed E-state index contributed by atoms with van der Waals surface area (Å²) in [5.74, 6) is 0. The third kappa shape index (κ3) is 3.21. The lowest BCUT2D eigenvalue weighted by molar-refractivity contribution is 0.234. The molecule has 0 saturated carbocycles. The first-order valence-electron chi connectivity index (χ1n) is 5.60. The lowest BCUT2D eigenvalue weighted by Gasteiger charge is -2.28. The highest BCUT2D eigenvalue weighted by Gasteiger charge is 2.22. The Balaban J connectivity index is 2.16. The molecule has 0 spiro atoms. The fourth-order valence-corrected chi connectivity index (χ4v) is 1.76. The molecule has 1 aliphatic heterocycles. The number of rotatable bonds is 2. The zero-order valence-electron chi connectivity index (χ0n) is 10.0.